The van der Waals surface area contributed by atoms with Crippen molar-refractivity contribution in [3.05, 3.63) is 29.6 Å². The third-order valence-electron chi connectivity index (χ3n) is 1.70. The van der Waals surface area contributed by atoms with Crippen molar-refractivity contribution in [2.45, 2.75) is 13.5 Å². The minimum atomic E-state index is 0.476. The second-order valence-corrected chi connectivity index (χ2v) is 2.65. The number of nitrogens with zero attached hydrogens (tertiary/aromatic N) is 2. The van der Waals surface area contributed by atoms with Gasteiger partial charge in [-0.3, -0.25) is 0 Å². The van der Waals surface area contributed by atoms with Crippen molar-refractivity contribution < 1.29 is 0 Å². The van der Waals surface area contributed by atoms with Crippen LogP contribution >= 0.6 is 0 Å². The van der Waals surface area contributed by atoms with Gasteiger partial charge in [0.25, 0.3) is 0 Å². The zero-order chi connectivity index (χ0) is 10.2. The van der Waals surface area contributed by atoms with Gasteiger partial charge in [0.1, 0.15) is 11.8 Å². The molecular weight excluding hydrogens is 174 g/mol. The molecule has 0 radical (unpaired) electrons. The first-order chi connectivity index (χ1) is 6.88. The summed E-state index contributed by atoms with van der Waals surface area (Å²) in [6, 6.07) is 5.76. The van der Waals surface area contributed by atoms with E-state index in [4.69, 9.17) is 5.26 Å². The Kier molecular flexibility index (Phi) is 4.20. The molecule has 0 atom stereocenters. The van der Waals surface area contributed by atoms with E-state index in [2.05, 4.69) is 22.1 Å². The van der Waals surface area contributed by atoms with Crippen LogP contribution in [0.4, 0.5) is 0 Å². The summed E-state index contributed by atoms with van der Waals surface area (Å²) in [5, 5.41) is 11.9. The topological polar surface area (TPSA) is 48.7 Å². The standard InChI is InChI=1S/C11H11N3/c1-2-3-6-13-9-10-5-4-7-14-11(10)8-12/h4-5,7,13H,6,9H2,1H3. The van der Waals surface area contributed by atoms with E-state index < -0.39 is 0 Å². The van der Waals surface area contributed by atoms with Gasteiger partial charge in [0.15, 0.2) is 0 Å². The van der Waals surface area contributed by atoms with Crippen molar-refractivity contribution in [3.8, 4) is 17.9 Å². The van der Waals surface area contributed by atoms with Gasteiger partial charge in [-0.05, 0) is 13.0 Å². The molecule has 70 valence electrons. The van der Waals surface area contributed by atoms with Gasteiger partial charge in [-0.2, -0.15) is 5.26 Å². The van der Waals surface area contributed by atoms with E-state index in [-0.39, 0.29) is 0 Å². The average Bonchev–Trinajstić information content (AvgIpc) is 2.25. The minimum Gasteiger partial charge on any atom is -0.302 e. The molecule has 0 saturated heterocycles. The van der Waals surface area contributed by atoms with Crippen molar-refractivity contribution in [1.82, 2.24) is 10.3 Å². The fourth-order valence-corrected chi connectivity index (χ4v) is 1.03. The molecule has 0 saturated carbocycles. The predicted octanol–water partition coefficient (Wildman–Crippen LogP) is 1.07. The number of hydrogen-bond donors (Lipinski definition) is 1. The lowest BCUT2D eigenvalue weighted by molar-refractivity contribution is 0.764. The van der Waals surface area contributed by atoms with E-state index >= 15 is 0 Å². The summed E-state index contributed by atoms with van der Waals surface area (Å²) in [6.45, 7) is 3.06. The number of pyridine rings is 1. The summed E-state index contributed by atoms with van der Waals surface area (Å²) in [6.07, 6.45) is 1.62. The summed E-state index contributed by atoms with van der Waals surface area (Å²) in [5.41, 5.74) is 1.39. The van der Waals surface area contributed by atoms with Gasteiger partial charge in [-0.25, -0.2) is 4.98 Å². The smallest absolute Gasteiger partial charge is 0.144 e. The Balaban J connectivity index is 2.57. The second-order valence-electron chi connectivity index (χ2n) is 2.65. The molecule has 1 N–H and O–H groups in total. The first-order valence-electron chi connectivity index (χ1n) is 4.32. The predicted molar refractivity (Wildman–Crippen MR) is 54.1 cm³/mol. The van der Waals surface area contributed by atoms with Crippen molar-refractivity contribution in [2.24, 2.45) is 0 Å². The van der Waals surface area contributed by atoms with Crippen LogP contribution in [0.25, 0.3) is 0 Å². The van der Waals surface area contributed by atoms with E-state index in [9.17, 15) is 0 Å². The molecule has 3 heteroatoms. The maximum absolute atomic E-state index is 8.75. The number of nitrogens with one attached hydrogen (secondary N) is 1. The van der Waals surface area contributed by atoms with Crippen molar-refractivity contribution in [1.29, 1.82) is 5.26 Å². The zero-order valence-corrected chi connectivity index (χ0v) is 8.04. The summed E-state index contributed by atoms with van der Waals surface area (Å²) in [5.74, 6) is 5.68. The Morgan fingerprint density at radius 2 is 2.43 bits per heavy atom. The third-order valence-corrected chi connectivity index (χ3v) is 1.70. The molecule has 1 rings (SSSR count). The van der Waals surface area contributed by atoms with Crippen molar-refractivity contribution in [3.63, 3.8) is 0 Å². The van der Waals surface area contributed by atoms with E-state index in [1.54, 1.807) is 13.1 Å². The molecule has 1 aromatic rings. The molecule has 14 heavy (non-hydrogen) atoms. The molecule has 0 fully saturated rings. The van der Waals surface area contributed by atoms with Crippen LogP contribution in [-0.4, -0.2) is 11.5 Å². The fraction of sp³-hybridized carbons (Fsp3) is 0.273. The summed E-state index contributed by atoms with van der Waals surface area (Å²) < 4.78 is 0. The Bertz CT molecular complexity index is 393. The lowest BCUT2D eigenvalue weighted by Crippen LogP contribution is -2.14. The first kappa shape index (κ1) is 10.2. The monoisotopic (exact) mass is 185 g/mol. The number of aromatic nitrogens is 1. The molecule has 0 aliphatic carbocycles. The Morgan fingerprint density at radius 1 is 1.57 bits per heavy atom. The van der Waals surface area contributed by atoms with Crippen LogP contribution in [0.2, 0.25) is 0 Å². The highest BCUT2D eigenvalue weighted by Crippen LogP contribution is 2.02. The highest BCUT2D eigenvalue weighted by atomic mass is 14.8. The molecular formula is C11H11N3. The molecule has 0 aromatic carbocycles. The molecule has 0 unspecified atom stereocenters. The summed E-state index contributed by atoms with van der Waals surface area (Å²) in [4.78, 5) is 3.96. The Hall–Kier alpha value is -1.84. The second kappa shape index (κ2) is 5.75. The van der Waals surface area contributed by atoms with Gasteiger partial charge in [-0.1, -0.05) is 12.0 Å². The summed E-state index contributed by atoms with van der Waals surface area (Å²) in [7, 11) is 0. The molecule has 1 aromatic heterocycles. The third kappa shape index (κ3) is 2.90. The van der Waals surface area contributed by atoms with E-state index in [0.717, 1.165) is 5.56 Å². The highest BCUT2D eigenvalue weighted by Gasteiger charge is 1.99. The van der Waals surface area contributed by atoms with Crippen LogP contribution < -0.4 is 5.32 Å². The lowest BCUT2D eigenvalue weighted by Gasteiger charge is -2.01. The quantitative estimate of drug-likeness (QED) is 0.566. The lowest BCUT2D eigenvalue weighted by atomic mass is 10.2. The van der Waals surface area contributed by atoms with Gasteiger partial charge in [0.2, 0.25) is 0 Å². The number of nitriles is 1. The minimum absolute atomic E-state index is 0.476. The van der Waals surface area contributed by atoms with Gasteiger partial charge in [-0.15, -0.1) is 5.92 Å². The molecule has 0 aliphatic rings. The van der Waals surface area contributed by atoms with Gasteiger partial charge < -0.3 is 5.32 Å². The van der Waals surface area contributed by atoms with Crippen LogP contribution in [-0.2, 0) is 6.54 Å². The van der Waals surface area contributed by atoms with E-state index in [1.807, 2.05) is 18.2 Å². The maximum Gasteiger partial charge on any atom is 0.144 e. The molecule has 0 spiro atoms. The average molecular weight is 185 g/mol. The van der Waals surface area contributed by atoms with E-state index in [0.29, 0.717) is 18.8 Å². The molecule has 1 heterocycles. The maximum atomic E-state index is 8.75. The van der Waals surface area contributed by atoms with Gasteiger partial charge in [0.05, 0.1) is 6.54 Å². The molecule has 0 amide bonds. The van der Waals surface area contributed by atoms with Gasteiger partial charge >= 0.3 is 0 Å². The van der Waals surface area contributed by atoms with Crippen LogP contribution in [0.1, 0.15) is 18.2 Å². The van der Waals surface area contributed by atoms with Crippen LogP contribution in [0.15, 0.2) is 18.3 Å². The summed E-state index contributed by atoms with van der Waals surface area (Å²) >= 11 is 0. The Labute approximate surface area is 83.8 Å². The highest BCUT2D eigenvalue weighted by molar-refractivity contribution is 5.30. The number of rotatable bonds is 3. The first-order valence-corrected chi connectivity index (χ1v) is 4.32. The van der Waals surface area contributed by atoms with Gasteiger partial charge in [0, 0.05) is 18.3 Å². The SMILES string of the molecule is CC#CCNCc1cccnc1C#N. The largest absolute Gasteiger partial charge is 0.302 e. The Morgan fingerprint density at radius 3 is 3.14 bits per heavy atom. The van der Waals surface area contributed by atoms with Crippen LogP contribution in [0.3, 0.4) is 0 Å². The zero-order valence-electron chi connectivity index (χ0n) is 8.04. The van der Waals surface area contributed by atoms with Crippen LogP contribution in [0, 0.1) is 23.2 Å². The molecule has 3 nitrogen and oxygen atoms in total. The molecule has 0 bridgehead atoms. The fourth-order valence-electron chi connectivity index (χ4n) is 1.03. The normalized spacial score (nSPS) is 8.57. The van der Waals surface area contributed by atoms with Crippen LogP contribution in [0.5, 0.6) is 0 Å². The van der Waals surface area contributed by atoms with E-state index in [1.165, 1.54) is 0 Å². The van der Waals surface area contributed by atoms with Crippen molar-refractivity contribution >= 4 is 0 Å². The number of hydrogen-bond acceptors (Lipinski definition) is 3. The van der Waals surface area contributed by atoms with Crippen molar-refractivity contribution in [2.75, 3.05) is 6.54 Å². The molecule has 0 aliphatic heterocycles.